The number of imidazole rings is 1. The predicted octanol–water partition coefficient (Wildman–Crippen LogP) is 3.51. The third kappa shape index (κ3) is 5.29. The molecular weight excluding hydrogens is 374 g/mol. The van der Waals surface area contributed by atoms with Crippen molar-refractivity contribution in [1.82, 2.24) is 14.5 Å². The normalized spacial score (nSPS) is 10.5. The van der Waals surface area contributed by atoms with Gasteiger partial charge in [-0.2, -0.15) is 0 Å². The number of carbonyl (C=O) groups is 1. The van der Waals surface area contributed by atoms with Crippen molar-refractivity contribution in [1.29, 1.82) is 0 Å². The Bertz CT molecular complexity index is 881. The van der Waals surface area contributed by atoms with E-state index in [1.54, 1.807) is 25.3 Å². The maximum absolute atomic E-state index is 12.4. The molecule has 0 radical (unpaired) electrons. The summed E-state index contributed by atoms with van der Waals surface area (Å²) in [7, 11) is 3.42. The van der Waals surface area contributed by atoms with E-state index in [0.717, 1.165) is 22.3 Å². The van der Waals surface area contributed by atoms with Gasteiger partial charge in [0.05, 0.1) is 19.4 Å². The molecule has 0 saturated heterocycles. The highest BCUT2D eigenvalue weighted by atomic mass is 32.2. The van der Waals surface area contributed by atoms with Crippen LogP contribution in [0.15, 0.2) is 72.1 Å². The number of ether oxygens (including phenoxy) is 2. The van der Waals surface area contributed by atoms with Gasteiger partial charge in [-0.15, -0.1) is 0 Å². The van der Waals surface area contributed by atoms with Gasteiger partial charge in [0.15, 0.2) is 5.16 Å². The maximum Gasteiger partial charge on any atom is 0.232 e. The van der Waals surface area contributed by atoms with Crippen LogP contribution in [0.2, 0.25) is 0 Å². The number of amides is 1. The molecule has 1 heterocycles. The van der Waals surface area contributed by atoms with E-state index in [2.05, 4.69) is 4.98 Å². The molecule has 0 aliphatic heterocycles. The maximum atomic E-state index is 12.4. The summed E-state index contributed by atoms with van der Waals surface area (Å²) >= 11 is 1.41. The van der Waals surface area contributed by atoms with Gasteiger partial charge in [0.1, 0.15) is 18.1 Å². The van der Waals surface area contributed by atoms with Gasteiger partial charge in [-0.25, -0.2) is 4.98 Å². The van der Waals surface area contributed by atoms with E-state index in [0.29, 0.717) is 18.9 Å². The van der Waals surface area contributed by atoms with Crippen molar-refractivity contribution in [2.45, 2.75) is 5.16 Å². The number of nitrogens with zero attached hydrogens (tertiary/aromatic N) is 3. The summed E-state index contributed by atoms with van der Waals surface area (Å²) in [5.74, 6) is 1.95. The summed E-state index contributed by atoms with van der Waals surface area (Å²) in [4.78, 5) is 18.5. The van der Waals surface area contributed by atoms with Crippen LogP contribution in [-0.2, 0) is 4.79 Å². The molecule has 146 valence electrons. The van der Waals surface area contributed by atoms with Gasteiger partial charge < -0.3 is 14.4 Å². The summed E-state index contributed by atoms with van der Waals surface area (Å²) in [5, 5.41) is 0.771. The van der Waals surface area contributed by atoms with Gasteiger partial charge in [-0.1, -0.05) is 30.0 Å². The third-order valence-electron chi connectivity index (χ3n) is 4.15. The molecule has 0 saturated carbocycles. The number of methoxy groups -OCH3 is 1. The number of aromatic nitrogens is 2. The van der Waals surface area contributed by atoms with Crippen LogP contribution in [0.25, 0.3) is 5.69 Å². The predicted molar refractivity (Wildman–Crippen MR) is 110 cm³/mol. The van der Waals surface area contributed by atoms with Crippen molar-refractivity contribution in [3.8, 4) is 17.2 Å². The number of hydrogen-bond acceptors (Lipinski definition) is 5. The second-order valence-corrected chi connectivity index (χ2v) is 6.99. The zero-order valence-electron chi connectivity index (χ0n) is 15.9. The number of benzene rings is 2. The van der Waals surface area contributed by atoms with E-state index in [1.165, 1.54) is 11.8 Å². The molecule has 1 aromatic heterocycles. The fourth-order valence-corrected chi connectivity index (χ4v) is 3.43. The van der Waals surface area contributed by atoms with Crippen LogP contribution in [0.1, 0.15) is 0 Å². The van der Waals surface area contributed by atoms with E-state index in [-0.39, 0.29) is 5.91 Å². The van der Waals surface area contributed by atoms with Crippen molar-refractivity contribution in [3.05, 3.63) is 67.0 Å². The van der Waals surface area contributed by atoms with Crippen LogP contribution in [0.4, 0.5) is 0 Å². The Morgan fingerprint density at radius 2 is 1.86 bits per heavy atom. The third-order valence-corrected chi connectivity index (χ3v) is 5.10. The van der Waals surface area contributed by atoms with Gasteiger partial charge in [0.2, 0.25) is 5.91 Å². The average molecular weight is 398 g/mol. The highest BCUT2D eigenvalue weighted by Gasteiger charge is 2.13. The van der Waals surface area contributed by atoms with E-state index in [9.17, 15) is 4.79 Å². The fraction of sp³-hybridized carbons (Fsp3) is 0.238. The van der Waals surface area contributed by atoms with Gasteiger partial charge >= 0.3 is 0 Å². The Hall–Kier alpha value is -2.93. The molecule has 0 spiro atoms. The highest BCUT2D eigenvalue weighted by molar-refractivity contribution is 7.99. The molecule has 3 aromatic rings. The van der Waals surface area contributed by atoms with Crippen LogP contribution in [0.5, 0.6) is 11.5 Å². The Labute approximate surface area is 169 Å². The first-order chi connectivity index (χ1) is 13.7. The second kappa shape index (κ2) is 9.85. The van der Waals surface area contributed by atoms with Crippen LogP contribution >= 0.6 is 11.8 Å². The number of carbonyl (C=O) groups excluding carboxylic acids is 1. The Kier molecular flexibility index (Phi) is 6.97. The van der Waals surface area contributed by atoms with Crippen molar-refractivity contribution < 1.29 is 14.3 Å². The monoisotopic (exact) mass is 397 g/mol. The Morgan fingerprint density at radius 1 is 1.11 bits per heavy atom. The summed E-state index contributed by atoms with van der Waals surface area (Å²) in [5.41, 5.74) is 0.970. The van der Waals surface area contributed by atoms with E-state index < -0.39 is 0 Å². The zero-order valence-corrected chi connectivity index (χ0v) is 16.8. The van der Waals surface area contributed by atoms with E-state index >= 15 is 0 Å². The first-order valence-corrected chi connectivity index (χ1v) is 9.88. The topological polar surface area (TPSA) is 56.6 Å². The molecule has 0 unspecified atom stereocenters. The summed E-state index contributed by atoms with van der Waals surface area (Å²) in [6.45, 7) is 0.985. The number of hydrogen-bond donors (Lipinski definition) is 0. The van der Waals surface area contributed by atoms with Crippen LogP contribution in [0.3, 0.4) is 0 Å². The first-order valence-electron chi connectivity index (χ1n) is 8.90. The van der Waals surface area contributed by atoms with E-state index in [1.807, 2.05) is 65.4 Å². The van der Waals surface area contributed by atoms with Gasteiger partial charge in [-0.05, 0) is 36.4 Å². The zero-order chi connectivity index (χ0) is 19.8. The molecule has 2 aromatic carbocycles. The highest BCUT2D eigenvalue weighted by Crippen LogP contribution is 2.22. The van der Waals surface area contributed by atoms with E-state index in [4.69, 9.17) is 9.47 Å². The molecule has 0 aliphatic rings. The molecular formula is C21H23N3O3S. The lowest BCUT2D eigenvalue weighted by Gasteiger charge is -2.17. The summed E-state index contributed by atoms with van der Waals surface area (Å²) in [6, 6.07) is 17.3. The van der Waals surface area contributed by atoms with Crippen molar-refractivity contribution >= 4 is 17.7 Å². The minimum atomic E-state index is 0.0333. The fourth-order valence-electron chi connectivity index (χ4n) is 2.51. The molecule has 28 heavy (non-hydrogen) atoms. The lowest BCUT2D eigenvalue weighted by molar-refractivity contribution is -0.127. The van der Waals surface area contributed by atoms with Gasteiger partial charge in [0.25, 0.3) is 0 Å². The van der Waals surface area contributed by atoms with Crippen molar-refractivity contribution in [2.24, 2.45) is 0 Å². The summed E-state index contributed by atoms with van der Waals surface area (Å²) in [6.07, 6.45) is 3.61. The van der Waals surface area contributed by atoms with Crippen LogP contribution in [-0.4, -0.2) is 53.4 Å². The van der Waals surface area contributed by atoms with Crippen LogP contribution in [0, 0.1) is 0 Å². The second-order valence-electron chi connectivity index (χ2n) is 6.04. The largest absolute Gasteiger partial charge is 0.497 e. The quantitative estimate of drug-likeness (QED) is 0.517. The average Bonchev–Trinajstić information content (AvgIpc) is 3.21. The Balaban J connectivity index is 1.49. The number of likely N-dealkylation sites (N-methyl/N-ethyl adjacent to an activating group) is 1. The molecule has 0 fully saturated rings. The molecule has 7 heteroatoms. The van der Waals surface area contributed by atoms with Gasteiger partial charge in [-0.3, -0.25) is 9.36 Å². The summed E-state index contributed by atoms with van der Waals surface area (Å²) < 4.78 is 12.8. The van der Waals surface area contributed by atoms with Crippen LogP contribution < -0.4 is 9.47 Å². The molecule has 6 nitrogen and oxygen atoms in total. The molecule has 0 N–H and O–H groups in total. The number of rotatable bonds is 9. The van der Waals surface area contributed by atoms with Crippen molar-refractivity contribution in [2.75, 3.05) is 33.1 Å². The SMILES string of the molecule is COc1ccc(-n2ccnc2SCC(=O)N(C)CCOc2ccccc2)cc1. The lowest BCUT2D eigenvalue weighted by atomic mass is 10.3. The molecule has 0 bridgehead atoms. The minimum absolute atomic E-state index is 0.0333. The standard InChI is InChI=1S/C21H23N3O3S/c1-23(14-15-27-19-6-4-3-5-7-19)20(25)16-28-21-22-12-13-24(21)17-8-10-18(26-2)11-9-17/h3-13H,14-16H2,1-2H3. The lowest BCUT2D eigenvalue weighted by Crippen LogP contribution is -2.32. The smallest absolute Gasteiger partial charge is 0.232 e. The number of thioether (sulfide) groups is 1. The minimum Gasteiger partial charge on any atom is -0.497 e. The molecule has 0 atom stereocenters. The molecule has 0 aliphatic carbocycles. The molecule has 3 rings (SSSR count). The number of para-hydroxylation sites is 1. The molecule has 1 amide bonds. The van der Waals surface area contributed by atoms with Gasteiger partial charge in [0, 0.05) is 25.1 Å². The Morgan fingerprint density at radius 3 is 2.57 bits per heavy atom. The van der Waals surface area contributed by atoms with Crippen molar-refractivity contribution in [3.63, 3.8) is 0 Å². The first kappa shape index (κ1) is 19.8.